The van der Waals surface area contributed by atoms with Crippen molar-refractivity contribution in [2.24, 2.45) is 0 Å². The number of nitrogens with zero attached hydrogens (tertiary/aromatic N) is 1. The summed E-state index contributed by atoms with van der Waals surface area (Å²) in [6.07, 6.45) is 0.604. The lowest BCUT2D eigenvalue weighted by atomic mass is 10.1. The van der Waals surface area contributed by atoms with Gasteiger partial charge in [0, 0.05) is 28.2 Å². The fourth-order valence-electron chi connectivity index (χ4n) is 3.17. The van der Waals surface area contributed by atoms with Crippen LogP contribution in [0.25, 0.3) is 10.4 Å². The van der Waals surface area contributed by atoms with Crippen LogP contribution in [0.4, 0.5) is 11.4 Å². The molecule has 138 valence electrons. The molecule has 1 aliphatic heterocycles. The number of nitrogens with one attached hydrogen (secondary N) is 1. The first-order chi connectivity index (χ1) is 13.0. The van der Waals surface area contributed by atoms with Crippen molar-refractivity contribution in [3.63, 3.8) is 0 Å². The Balaban J connectivity index is 1.61. The van der Waals surface area contributed by atoms with Gasteiger partial charge in [0.25, 0.3) is 5.91 Å². The maximum atomic E-state index is 12.8. The number of hydrogen-bond acceptors (Lipinski definition) is 4. The summed E-state index contributed by atoms with van der Waals surface area (Å²) >= 11 is 1.61. The number of anilines is 2. The van der Waals surface area contributed by atoms with Gasteiger partial charge < -0.3 is 5.32 Å². The normalized spacial score (nSPS) is 15.6. The van der Waals surface area contributed by atoms with Crippen LogP contribution in [0.5, 0.6) is 0 Å². The van der Waals surface area contributed by atoms with E-state index in [1.54, 1.807) is 35.6 Å². The highest BCUT2D eigenvalue weighted by Gasteiger charge is 2.28. The molecule has 1 amide bonds. The van der Waals surface area contributed by atoms with E-state index in [9.17, 15) is 13.2 Å². The lowest BCUT2D eigenvalue weighted by molar-refractivity contribution is 0.102. The molecule has 1 N–H and O–H groups in total. The smallest absolute Gasteiger partial charge is 0.255 e. The summed E-state index contributed by atoms with van der Waals surface area (Å²) in [5, 5.41) is 4.95. The fraction of sp³-hybridized carbons (Fsp3) is 0.150. The number of benzene rings is 2. The van der Waals surface area contributed by atoms with Gasteiger partial charge in [0.2, 0.25) is 10.0 Å². The summed E-state index contributed by atoms with van der Waals surface area (Å²) in [6, 6.07) is 18.4. The highest BCUT2D eigenvalue weighted by Crippen LogP contribution is 2.32. The van der Waals surface area contributed by atoms with E-state index in [2.05, 4.69) is 5.32 Å². The number of carbonyl (C=O) groups is 1. The first-order valence-corrected chi connectivity index (χ1v) is 11.1. The van der Waals surface area contributed by atoms with Crippen LogP contribution in [0.2, 0.25) is 0 Å². The standard InChI is InChI=1S/C20H18N2O3S2/c23-20(21-18-9-2-1-8-17(18)19-10-4-12-26-19)15-6-3-7-16(14-15)22-11-5-13-27(22,24)25/h1-4,6-10,12,14H,5,11,13H2,(H,21,23). The Bertz CT molecular complexity index is 1080. The summed E-state index contributed by atoms with van der Waals surface area (Å²) < 4.78 is 25.7. The third kappa shape index (κ3) is 3.61. The predicted molar refractivity (Wildman–Crippen MR) is 110 cm³/mol. The van der Waals surface area contributed by atoms with E-state index in [0.29, 0.717) is 24.2 Å². The molecule has 1 fully saturated rings. The Morgan fingerprint density at radius 1 is 1.04 bits per heavy atom. The van der Waals surface area contributed by atoms with Crippen molar-refractivity contribution >= 4 is 38.6 Å². The van der Waals surface area contributed by atoms with E-state index in [1.807, 2.05) is 41.8 Å². The molecule has 0 atom stereocenters. The minimum absolute atomic E-state index is 0.150. The molecule has 1 aliphatic rings. The van der Waals surface area contributed by atoms with E-state index in [0.717, 1.165) is 16.1 Å². The maximum absolute atomic E-state index is 12.8. The summed E-state index contributed by atoms with van der Waals surface area (Å²) in [6.45, 7) is 0.453. The minimum Gasteiger partial charge on any atom is -0.321 e. The van der Waals surface area contributed by atoms with Crippen LogP contribution in [0, 0.1) is 0 Å². The highest BCUT2D eigenvalue weighted by atomic mass is 32.2. The van der Waals surface area contributed by atoms with E-state index >= 15 is 0 Å². The van der Waals surface area contributed by atoms with Crippen LogP contribution in [0.15, 0.2) is 66.0 Å². The molecule has 0 unspecified atom stereocenters. The van der Waals surface area contributed by atoms with Crippen LogP contribution < -0.4 is 9.62 Å². The Labute approximate surface area is 162 Å². The molecule has 0 radical (unpaired) electrons. The van der Waals surface area contributed by atoms with Crippen molar-refractivity contribution in [1.29, 1.82) is 0 Å². The summed E-state index contributed by atoms with van der Waals surface area (Å²) in [7, 11) is -3.27. The molecule has 0 spiro atoms. The number of thiophene rings is 1. The number of rotatable bonds is 4. The van der Waals surface area contributed by atoms with Gasteiger partial charge in [-0.3, -0.25) is 9.10 Å². The number of sulfonamides is 1. The highest BCUT2D eigenvalue weighted by molar-refractivity contribution is 7.93. The molecular weight excluding hydrogens is 380 g/mol. The van der Waals surface area contributed by atoms with Gasteiger partial charge in [0.1, 0.15) is 0 Å². The second-order valence-electron chi connectivity index (χ2n) is 6.27. The summed E-state index contributed by atoms with van der Waals surface area (Å²) in [4.78, 5) is 13.9. The third-order valence-corrected chi connectivity index (χ3v) is 7.23. The molecule has 2 aromatic carbocycles. The van der Waals surface area contributed by atoms with Gasteiger partial charge >= 0.3 is 0 Å². The molecule has 1 aromatic heterocycles. The van der Waals surface area contributed by atoms with E-state index < -0.39 is 10.0 Å². The second kappa shape index (κ2) is 7.17. The van der Waals surface area contributed by atoms with Crippen LogP contribution in [0.3, 0.4) is 0 Å². The van der Waals surface area contributed by atoms with Crippen LogP contribution in [0.1, 0.15) is 16.8 Å². The van der Waals surface area contributed by atoms with Gasteiger partial charge in [0.15, 0.2) is 0 Å². The van der Waals surface area contributed by atoms with Crippen LogP contribution in [-0.4, -0.2) is 26.6 Å². The molecule has 5 nitrogen and oxygen atoms in total. The van der Waals surface area contributed by atoms with Gasteiger partial charge in [0.05, 0.1) is 11.4 Å². The zero-order valence-corrected chi connectivity index (χ0v) is 16.1. The lowest BCUT2D eigenvalue weighted by Crippen LogP contribution is -2.25. The molecule has 4 rings (SSSR count). The quantitative estimate of drug-likeness (QED) is 0.716. The lowest BCUT2D eigenvalue weighted by Gasteiger charge is -2.17. The maximum Gasteiger partial charge on any atom is 0.255 e. The average Bonchev–Trinajstić information content (AvgIpc) is 3.31. The van der Waals surface area contributed by atoms with E-state index in [1.165, 1.54) is 4.31 Å². The molecular formula is C20H18N2O3S2. The third-order valence-electron chi connectivity index (χ3n) is 4.46. The number of amides is 1. The minimum atomic E-state index is -3.27. The topological polar surface area (TPSA) is 66.5 Å². The summed E-state index contributed by atoms with van der Waals surface area (Å²) in [5.41, 5.74) is 2.64. The second-order valence-corrected chi connectivity index (χ2v) is 9.23. The SMILES string of the molecule is O=C(Nc1ccccc1-c1cccs1)c1cccc(N2CCCS2(=O)=O)c1. The first-order valence-electron chi connectivity index (χ1n) is 8.59. The zero-order valence-electron chi connectivity index (χ0n) is 14.5. The van der Waals surface area contributed by atoms with Crippen molar-refractivity contribution in [1.82, 2.24) is 0 Å². The van der Waals surface area contributed by atoms with Gasteiger partial charge in [-0.25, -0.2) is 8.42 Å². The predicted octanol–water partition coefficient (Wildman–Crippen LogP) is 4.21. The fourth-order valence-corrected chi connectivity index (χ4v) is 5.49. The van der Waals surface area contributed by atoms with Gasteiger partial charge in [-0.05, 0) is 42.1 Å². The van der Waals surface area contributed by atoms with Crippen molar-refractivity contribution in [2.45, 2.75) is 6.42 Å². The Morgan fingerprint density at radius 3 is 2.63 bits per heavy atom. The molecule has 1 saturated heterocycles. The molecule has 3 aromatic rings. The van der Waals surface area contributed by atoms with Crippen molar-refractivity contribution in [3.05, 3.63) is 71.6 Å². The molecule has 7 heteroatoms. The van der Waals surface area contributed by atoms with Crippen molar-refractivity contribution < 1.29 is 13.2 Å². The zero-order chi connectivity index (χ0) is 18.9. The molecule has 27 heavy (non-hydrogen) atoms. The Kier molecular flexibility index (Phi) is 4.72. The summed E-state index contributed by atoms with van der Waals surface area (Å²) in [5.74, 6) is -0.116. The van der Waals surface area contributed by atoms with Crippen molar-refractivity contribution in [2.75, 3.05) is 21.9 Å². The monoisotopic (exact) mass is 398 g/mol. The van der Waals surface area contributed by atoms with E-state index in [4.69, 9.17) is 0 Å². The number of carbonyl (C=O) groups excluding carboxylic acids is 1. The van der Waals surface area contributed by atoms with Crippen molar-refractivity contribution in [3.8, 4) is 10.4 Å². The molecule has 0 bridgehead atoms. The van der Waals surface area contributed by atoms with Gasteiger partial charge in [-0.15, -0.1) is 11.3 Å². The first kappa shape index (κ1) is 17.8. The molecule has 0 aliphatic carbocycles. The van der Waals surface area contributed by atoms with E-state index in [-0.39, 0.29) is 11.7 Å². The Morgan fingerprint density at radius 2 is 1.89 bits per heavy atom. The Hall–Kier alpha value is -2.64. The van der Waals surface area contributed by atoms with Gasteiger partial charge in [-0.2, -0.15) is 0 Å². The number of para-hydroxylation sites is 1. The molecule has 2 heterocycles. The van der Waals surface area contributed by atoms with Gasteiger partial charge in [-0.1, -0.05) is 30.3 Å². The molecule has 0 saturated carbocycles. The van der Waals surface area contributed by atoms with Crippen LogP contribution in [-0.2, 0) is 10.0 Å². The average molecular weight is 399 g/mol. The number of hydrogen-bond donors (Lipinski definition) is 1. The van der Waals surface area contributed by atoms with Crippen LogP contribution >= 0.6 is 11.3 Å². The largest absolute Gasteiger partial charge is 0.321 e.